The molecule has 4 rings (SSSR count). The Bertz CT molecular complexity index is 1040. The quantitative estimate of drug-likeness (QED) is 0.681. The maximum absolute atomic E-state index is 13.8. The van der Waals surface area contributed by atoms with Crippen molar-refractivity contribution in [2.24, 2.45) is 11.0 Å². The lowest BCUT2D eigenvalue weighted by atomic mass is 9.78. The minimum atomic E-state index is -5.03. The summed E-state index contributed by atoms with van der Waals surface area (Å²) in [5.41, 5.74) is -1.21. The molecule has 0 radical (unpaired) electrons. The number of hydrogen-bond donors (Lipinski definition) is 1. The van der Waals surface area contributed by atoms with Crippen LogP contribution in [0.5, 0.6) is 5.75 Å². The van der Waals surface area contributed by atoms with Crippen LogP contribution in [0.15, 0.2) is 59.7 Å². The van der Waals surface area contributed by atoms with Crippen LogP contribution in [0, 0.1) is 5.92 Å². The van der Waals surface area contributed by atoms with E-state index < -0.39 is 30.3 Å². The Morgan fingerprint density at radius 2 is 1.73 bits per heavy atom. The first-order valence-corrected chi connectivity index (χ1v) is 11.0. The van der Waals surface area contributed by atoms with Gasteiger partial charge in [0.15, 0.2) is 6.61 Å². The molecule has 0 spiro atoms. The van der Waals surface area contributed by atoms with E-state index in [9.17, 15) is 23.1 Å². The van der Waals surface area contributed by atoms with Gasteiger partial charge in [0.2, 0.25) is 0 Å². The summed E-state index contributed by atoms with van der Waals surface area (Å²) in [4.78, 5) is 12.7. The van der Waals surface area contributed by atoms with Gasteiger partial charge in [0, 0.05) is 11.1 Å². The number of amides is 1. The number of nitrogens with zero attached hydrogens (tertiary/aromatic N) is 2. The van der Waals surface area contributed by atoms with Crippen LogP contribution in [0.2, 0.25) is 0 Å². The van der Waals surface area contributed by atoms with Crippen molar-refractivity contribution >= 4 is 11.6 Å². The van der Waals surface area contributed by atoms with Crippen molar-refractivity contribution in [1.82, 2.24) is 5.01 Å². The Hall–Kier alpha value is -2.87. The summed E-state index contributed by atoms with van der Waals surface area (Å²) in [5.74, 6) is -1.92. The second-order valence-electron chi connectivity index (χ2n) is 9.12. The zero-order valence-corrected chi connectivity index (χ0v) is 18.6. The number of hydrogen-bond acceptors (Lipinski definition) is 4. The number of fused-ring (bicyclic) bond motifs is 1. The Morgan fingerprint density at radius 3 is 2.36 bits per heavy atom. The van der Waals surface area contributed by atoms with Crippen LogP contribution < -0.4 is 4.74 Å². The van der Waals surface area contributed by atoms with E-state index in [-0.39, 0.29) is 22.6 Å². The van der Waals surface area contributed by atoms with E-state index in [4.69, 9.17) is 4.74 Å². The molecule has 33 heavy (non-hydrogen) atoms. The summed E-state index contributed by atoms with van der Waals surface area (Å²) in [6, 6.07) is 17.1. The Kier molecular flexibility index (Phi) is 5.99. The summed E-state index contributed by atoms with van der Waals surface area (Å²) in [5, 5.41) is 14.7. The van der Waals surface area contributed by atoms with E-state index >= 15 is 0 Å². The third-order valence-electron chi connectivity index (χ3n) is 6.70. The number of carbonyl (C=O) groups is 1. The monoisotopic (exact) mass is 460 g/mol. The van der Waals surface area contributed by atoms with Crippen molar-refractivity contribution < 1.29 is 27.8 Å². The maximum atomic E-state index is 13.8. The third kappa shape index (κ3) is 4.12. The Balaban J connectivity index is 1.47. The number of carbonyl (C=O) groups excluding carboxylic acids is 1. The number of benzene rings is 2. The molecule has 1 saturated carbocycles. The smallest absolute Gasteiger partial charge is 0.439 e. The number of halogens is 3. The molecule has 1 fully saturated rings. The van der Waals surface area contributed by atoms with Crippen molar-refractivity contribution in [2.45, 2.75) is 56.8 Å². The standard InChI is InChI=1S/C25H27F3N2O3/c1-23(2,17-8-4-3-5-9-17)18-12-14-19(15-13-18)33-16-22(31)30-24(32,25(26,27)28)20-10-6-7-11-21(20)29-30/h3-5,8-9,12-15,20,32H,6-7,10-11,16H2,1-2H3/t20-,24-/m0/s1. The van der Waals surface area contributed by atoms with Crippen LogP contribution in [0.1, 0.15) is 50.7 Å². The fraction of sp³-hybridized carbons (Fsp3) is 0.440. The molecule has 2 aromatic rings. The SMILES string of the molecule is CC(C)(c1ccccc1)c1ccc(OCC(=O)N2N=C3CCCC[C@@H]3[C@]2(O)C(F)(F)F)cc1. The highest BCUT2D eigenvalue weighted by Gasteiger charge is 2.68. The fourth-order valence-electron chi connectivity index (χ4n) is 4.66. The van der Waals surface area contributed by atoms with E-state index in [2.05, 4.69) is 18.9 Å². The number of alkyl halides is 3. The summed E-state index contributed by atoms with van der Waals surface area (Å²) < 4.78 is 47.0. The molecule has 1 amide bonds. The third-order valence-corrected chi connectivity index (χ3v) is 6.70. The summed E-state index contributed by atoms with van der Waals surface area (Å²) in [6.45, 7) is 3.51. The van der Waals surface area contributed by atoms with Crippen LogP contribution in [0.3, 0.4) is 0 Å². The van der Waals surface area contributed by atoms with E-state index in [1.54, 1.807) is 12.1 Å². The average Bonchev–Trinajstić information content (AvgIpc) is 3.12. The van der Waals surface area contributed by atoms with E-state index in [1.807, 2.05) is 42.5 Å². The fourth-order valence-corrected chi connectivity index (χ4v) is 4.66. The van der Waals surface area contributed by atoms with Gasteiger partial charge in [-0.15, -0.1) is 0 Å². The molecule has 5 nitrogen and oxygen atoms in total. The molecule has 2 aliphatic rings. The number of ether oxygens (including phenoxy) is 1. The molecule has 0 unspecified atom stereocenters. The number of aliphatic hydroxyl groups is 1. The first-order chi connectivity index (χ1) is 15.5. The van der Waals surface area contributed by atoms with Gasteiger partial charge in [-0.05, 0) is 42.5 Å². The van der Waals surface area contributed by atoms with Gasteiger partial charge in [0.25, 0.3) is 11.6 Å². The van der Waals surface area contributed by atoms with Gasteiger partial charge in [-0.2, -0.15) is 23.3 Å². The molecular weight excluding hydrogens is 433 g/mol. The predicted molar refractivity (Wildman–Crippen MR) is 118 cm³/mol. The summed E-state index contributed by atoms with van der Waals surface area (Å²) in [7, 11) is 0. The molecule has 8 heteroatoms. The van der Waals surface area contributed by atoms with Crippen molar-refractivity contribution in [3.63, 3.8) is 0 Å². The molecule has 1 N–H and O–H groups in total. The lowest BCUT2D eigenvalue weighted by molar-refractivity contribution is -0.317. The lowest BCUT2D eigenvalue weighted by Gasteiger charge is -2.38. The van der Waals surface area contributed by atoms with E-state index in [0.717, 1.165) is 11.1 Å². The zero-order chi connectivity index (χ0) is 23.9. The molecule has 2 atom stereocenters. The normalized spacial score (nSPS) is 23.2. The van der Waals surface area contributed by atoms with Crippen LogP contribution in [0.4, 0.5) is 13.2 Å². The van der Waals surface area contributed by atoms with E-state index in [0.29, 0.717) is 25.0 Å². The van der Waals surface area contributed by atoms with Crippen LogP contribution in [0.25, 0.3) is 0 Å². The van der Waals surface area contributed by atoms with Crippen LogP contribution in [-0.2, 0) is 10.2 Å². The molecule has 1 heterocycles. The Morgan fingerprint density at radius 1 is 1.09 bits per heavy atom. The highest BCUT2D eigenvalue weighted by molar-refractivity contribution is 5.93. The number of rotatable bonds is 5. The van der Waals surface area contributed by atoms with Gasteiger partial charge in [0.1, 0.15) is 5.75 Å². The molecule has 2 aromatic carbocycles. The largest absolute Gasteiger partial charge is 0.484 e. The maximum Gasteiger partial charge on any atom is 0.439 e. The molecule has 0 aromatic heterocycles. The molecule has 0 saturated heterocycles. The molecule has 176 valence electrons. The molecular formula is C25H27F3N2O3. The van der Waals surface area contributed by atoms with Crippen LogP contribution in [-0.4, -0.2) is 40.2 Å². The summed E-state index contributed by atoms with van der Waals surface area (Å²) in [6.07, 6.45) is -3.31. The topological polar surface area (TPSA) is 62.1 Å². The molecule has 1 aliphatic carbocycles. The molecule has 1 aliphatic heterocycles. The van der Waals surface area contributed by atoms with Crippen molar-refractivity contribution in [3.05, 3.63) is 65.7 Å². The number of hydrazone groups is 1. The van der Waals surface area contributed by atoms with Gasteiger partial charge >= 0.3 is 6.18 Å². The predicted octanol–water partition coefficient (Wildman–Crippen LogP) is 5.03. The van der Waals surface area contributed by atoms with Crippen molar-refractivity contribution in [3.8, 4) is 5.75 Å². The highest BCUT2D eigenvalue weighted by Crippen LogP contribution is 2.48. The second-order valence-corrected chi connectivity index (χ2v) is 9.12. The first-order valence-electron chi connectivity index (χ1n) is 11.0. The first kappa shape index (κ1) is 23.3. The Labute approximate surface area is 190 Å². The van der Waals surface area contributed by atoms with E-state index in [1.165, 1.54) is 0 Å². The minimum Gasteiger partial charge on any atom is -0.484 e. The van der Waals surface area contributed by atoms with Gasteiger partial charge in [0.05, 0.1) is 5.92 Å². The second kappa shape index (κ2) is 8.48. The van der Waals surface area contributed by atoms with Crippen molar-refractivity contribution in [1.29, 1.82) is 0 Å². The van der Waals surface area contributed by atoms with Crippen molar-refractivity contribution in [2.75, 3.05) is 6.61 Å². The minimum absolute atomic E-state index is 0.137. The van der Waals surface area contributed by atoms with Gasteiger partial charge < -0.3 is 9.84 Å². The lowest BCUT2D eigenvalue weighted by Crippen LogP contribution is -2.62. The zero-order valence-electron chi connectivity index (χ0n) is 18.6. The average molecular weight is 460 g/mol. The van der Waals surface area contributed by atoms with Gasteiger partial charge in [-0.3, -0.25) is 4.79 Å². The van der Waals surface area contributed by atoms with Crippen LogP contribution >= 0.6 is 0 Å². The summed E-state index contributed by atoms with van der Waals surface area (Å²) >= 11 is 0. The highest BCUT2D eigenvalue weighted by atomic mass is 19.4. The molecule has 0 bridgehead atoms. The van der Waals surface area contributed by atoms with Gasteiger partial charge in [-0.25, -0.2) is 0 Å². The van der Waals surface area contributed by atoms with Gasteiger partial charge in [-0.1, -0.05) is 62.7 Å².